The molecule has 0 aliphatic carbocycles. The molecule has 0 atom stereocenters. The Bertz CT molecular complexity index is 1220. The van der Waals surface area contributed by atoms with Crippen LogP contribution in [-0.2, 0) is 11.3 Å². The molecule has 0 spiro atoms. The van der Waals surface area contributed by atoms with Gasteiger partial charge in [0.25, 0.3) is 5.91 Å². The largest absolute Gasteiger partial charge is 0.493 e. The molecule has 2 aromatic carbocycles. The van der Waals surface area contributed by atoms with Crippen molar-refractivity contribution in [3.63, 3.8) is 0 Å². The van der Waals surface area contributed by atoms with Gasteiger partial charge in [-0.05, 0) is 30.2 Å². The van der Waals surface area contributed by atoms with Crippen molar-refractivity contribution in [2.45, 2.75) is 13.5 Å². The number of carbonyl (C=O) groups excluding carboxylic acids is 1. The number of ether oxygens (including phenoxy) is 2. The van der Waals surface area contributed by atoms with Crippen LogP contribution in [-0.4, -0.2) is 29.6 Å². The highest BCUT2D eigenvalue weighted by Gasteiger charge is 2.14. The minimum absolute atomic E-state index is 0.202. The summed E-state index contributed by atoms with van der Waals surface area (Å²) in [6.45, 7) is 2.40. The van der Waals surface area contributed by atoms with Gasteiger partial charge in [0.1, 0.15) is 17.0 Å². The van der Waals surface area contributed by atoms with Gasteiger partial charge in [-0.3, -0.25) is 4.79 Å². The van der Waals surface area contributed by atoms with E-state index in [0.29, 0.717) is 18.0 Å². The van der Waals surface area contributed by atoms with E-state index in [9.17, 15) is 4.79 Å². The number of methoxy groups -OCH3 is 1. The topological polar surface area (TPSA) is 99.4 Å². The molecule has 0 fully saturated rings. The third-order valence-corrected chi connectivity index (χ3v) is 5.68. The molecule has 1 amide bonds. The Labute approximate surface area is 183 Å². The normalized spacial score (nSPS) is 10.8. The number of benzene rings is 2. The highest BCUT2D eigenvalue weighted by Crippen LogP contribution is 2.37. The molecule has 31 heavy (non-hydrogen) atoms. The Morgan fingerprint density at radius 1 is 1.13 bits per heavy atom. The van der Waals surface area contributed by atoms with Gasteiger partial charge in [-0.25, -0.2) is 9.97 Å². The number of primary amides is 1. The van der Waals surface area contributed by atoms with Crippen LogP contribution >= 0.6 is 11.3 Å². The summed E-state index contributed by atoms with van der Waals surface area (Å²) in [5.41, 5.74) is 9.58. The number of fused-ring (bicyclic) bond motifs is 1. The zero-order valence-corrected chi connectivity index (χ0v) is 18.0. The van der Waals surface area contributed by atoms with Crippen molar-refractivity contribution in [1.29, 1.82) is 0 Å². The van der Waals surface area contributed by atoms with E-state index in [1.165, 1.54) is 5.56 Å². The maximum absolute atomic E-state index is 11.0. The first-order valence-electron chi connectivity index (χ1n) is 9.66. The summed E-state index contributed by atoms with van der Waals surface area (Å²) >= 11 is 1.60. The molecule has 0 unspecified atom stereocenters. The number of carbonyl (C=O) groups is 1. The molecule has 2 aromatic heterocycles. The third-order valence-electron chi connectivity index (χ3n) is 4.79. The second kappa shape index (κ2) is 9.01. The lowest BCUT2D eigenvalue weighted by Crippen LogP contribution is -2.20. The van der Waals surface area contributed by atoms with Crippen molar-refractivity contribution in [2.24, 2.45) is 5.73 Å². The third kappa shape index (κ3) is 4.59. The van der Waals surface area contributed by atoms with Gasteiger partial charge in [0.15, 0.2) is 18.1 Å². The van der Waals surface area contributed by atoms with Crippen LogP contribution in [0.15, 0.2) is 54.2 Å². The fourth-order valence-corrected chi connectivity index (χ4v) is 4.15. The van der Waals surface area contributed by atoms with Crippen LogP contribution in [0.5, 0.6) is 11.5 Å². The number of thiophene rings is 1. The number of hydrogen-bond donors (Lipinski definition) is 2. The monoisotopic (exact) mass is 434 g/mol. The van der Waals surface area contributed by atoms with Gasteiger partial charge in [-0.1, -0.05) is 35.9 Å². The number of aryl methyl sites for hydroxylation is 1. The van der Waals surface area contributed by atoms with Gasteiger partial charge >= 0.3 is 0 Å². The summed E-state index contributed by atoms with van der Waals surface area (Å²) in [6, 6.07) is 14.0. The summed E-state index contributed by atoms with van der Waals surface area (Å²) in [4.78, 5) is 20.8. The lowest BCUT2D eigenvalue weighted by atomic mass is 10.0. The number of nitrogens with two attached hydrogens (primary N) is 1. The van der Waals surface area contributed by atoms with Crippen LogP contribution in [0, 0.1) is 6.92 Å². The van der Waals surface area contributed by atoms with E-state index in [-0.39, 0.29) is 6.61 Å². The first-order chi connectivity index (χ1) is 15.0. The van der Waals surface area contributed by atoms with E-state index >= 15 is 0 Å². The molecule has 0 saturated carbocycles. The Morgan fingerprint density at radius 2 is 1.94 bits per heavy atom. The summed E-state index contributed by atoms with van der Waals surface area (Å²) < 4.78 is 10.8. The number of nitrogens with one attached hydrogen (secondary N) is 1. The summed E-state index contributed by atoms with van der Waals surface area (Å²) in [5, 5.41) is 6.54. The number of aromatic nitrogens is 2. The molecule has 0 saturated heterocycles. The summed E-state index contributed by atoms with van der Waals surface area (Å²) in [7, 11) is 1.55. The van der Waals surface area contributed by atoms with Gasteiger partial charge in [0, 0.05) is 17.5 Å². The molecule has 0 radical (unpaired) electrons. The lowest BCUT2D eigenvalue weighted by molar-refractivity contribution is -0.119. The van der Waals surface area contributed by atoms with Crippen molar-refractivity contribution >= 4 is 33.3 Å². The Hall–Kier alpha value is -3.65. The van der Waals surface area contributed by atoms with Crippen molar-refractivity contribution in [1.82, 2.24) is 9.97 Å². The van der Waals surface area contributed by atoms with Crippen molar-refractivity contribution in [2.75, 3.05) is 19.0 Å². The van der Waals surface area contributed by atoms with Crippen LogP contribution in [0.1, 0.15) is 11.1 Å². The van der Waals surface area contributed by atoms with Crippen LogP contribution in [0.4, 0.5) is 5.82 Å². The molecule has 3 N–H and O–H groups in total. The molecule has 7 nitrogen and oxygen atoms in total. The quantitative estimate of drug-likeness (QED) is 0.432. The van der Waals surface area contributed by atoms with E-state index in [0.717, 1.165) is 32.7 Å². The molecule has 4 aromatic rings. The molecule has 0 bridgehead atoms. The van der Waals surface area contributed by atoms with Gasteiger partial charge in [-0.2, -0.15) is 0 Å². The minimum atomic E-state index is -0.541. The Balaban J connectivity index is 1.59. The Kier molecular flexibility index (Phi) is 5.99. The molecule has 2 heterocycles. The molecule has 4 rings (SSSR count). The predicted molar refractivity (Wildman–Crippen MR) is 123 cm³/mol. The standard InChI is InChI=1S/C23H22N4O3S/c1-14-3-6-16(7-4-14)17-12-31-23-21(17)22(26-13-27-23)25-10-15-5-8-18(19(9-15)29-2)30-11-20(24)28/h3-9,12-13H,10-11H2,1-2H3,(H2,24,28)(H,25,26,27). The van der Waals surface area contributed by atoms with Crippen LogP contribution < -0.4 is 20.5 Å². The second-order valence-electron chi connectivity index (χ2n) is 7.01. The van der Waals surface area contributed by atoms with E-state index in [1.807, 2.05) is 12.1 Å². The van der Waals surface area contributed by atoms with E-state index in [4.69, 9.17) is 15.2 Å². The first kappa shape index (κ1) is 20.6. The van der Waals surface area contributed by atoms with E-state index in [1.54, 1.807) is 30.8 Å². The highest BCUT2D eigenvalue weighted by molar-refractivity contribution is 7.17. The molecule has 0 aliphatic heterocycles. The van der Waals surface area contributed by atoms with Gasteiger partial charge in [0.2, 0.25) is 0 Å². The highest BCUT2D eigenvalue weighted by atomic mass is 32.1. The smallest absolute Gasteiger partial charge is 0.255 e. The number of hydrogen-bond acceptors (Lipinski definition) is 7. The van der Waals surface area contributed by atoms with E-state index < -0.39 is 5.91 Å². The average molecular weight is 435 g/mol. The van der Waals surface area contributed by atoms with Crippen molar-refractivity contribution < 1.29 is 14.3 Å². The van der Waals surface area contributed by atoms with Crippen LogP contribution in [0.3, 0.4) is 0 Å². The molecule has 0 aliphatic rings. The fraction of sp³-hybridized carbons (Fsp3) is 0.174. The van der Waals surface area contributed by atoms with Gasteiger partial charge in [-0.15, -0.1) is 11.3 Å². The zero-order chi connectivity index (χ0) is 21.8. The SMILES string of the molecule is COc1cc(CNc2ncnc3scc(-c4ccc(C)cc4)c23)ccc1OCC(N)=O. The molecule has 158 valence electrons. The maximum Gasteiger partial charge on any atom is 0.255 e. The average Bonchev–Trinajstić information content (AvgIpc) is 3.21. The molecular weight excluding hydrogens is 412 g/mol. The molecular formula is C23H22N4O3S. The van der Waals surface area contributed by atoms with Gasteiger partial charge in [0.05, 0.1) is 12.5 Å². The van der Waals surface area contributed by atoms with Crippen LogP contribution in [0.2, 0.25) is 0 Å². The molecule has 8 heteroatoms. The number of anilines is 1. The second-order valence-corrected chi connectivity index (χ2v) is 7.87. The van der Waals surface area contributed by atoms with Crippen molar-refractivity contribution in [3.05, 3.63) is 65.3 Å². The minimum Gasteiger partial charge on any atom is -0.493 e. The summed E-state index contributed by atoms with van der Waals surface area (Å²) in [5.74, 6) is 1.23. The van der Waals surface area contributed by atoms with E-state index in [2.05, 4.69) is 51.9 Å². The fourth-order valence-electron chi connectivity index (χ4n) is 3.23. The van der Waals surface area contributed by atoms with Gasteiger partial charge < -0.3 is 20.5 Å². The number of rotatable bonds is 8. The van der Waals surface area contributed by atoms with Crippen molar-refractivity contribution in [3.8, 4) is 22.6 Å². The predicted octanol–water partition coefficient (Wildman–Crippen LogP) is 4.15. The maximum atomic E-state index is 11.0. The summed E-state index contributed by atoms with van der Waals surface area (Å²) in [6.07, 6.45) is 1.57. The van der Waals surface area contributed by atoms with Crippen LogP contribution in [0.25, 0.3) is 21.3 Å². The number of nitrogens with zero attached hydrogens (tertiary/aromatic N) is 2. The Morgan fingerprint density at radius 3 is 2.68 bits per heavy atom. The number of amides is 1. The lowest BCUT2D eigenvalue weighted by Gasteiger charge is -2.12. The first-order valence-corrected chi connectivity index (χ1v) is 10.5. The zero-order valence-electron chi connectivity index (χ0n) is 17.2.